The van der Waals surface area contributed by atoms with Crippen LogP contribution in [0.5, 0.6) is 0 Å². The second-order valence-electron chi connectivity index (χ2n) is 3.74. The second-order valence-corrected chi connectivity index (χ2v) is 4.49. The maximum Gasteiger partial charge on any atom is 0.256 e. The topological polar surface area (TPSA) is 33.5 Å². The van der Waals surface area contributed by atoms with Gasteiger partial charge in [0.15, 0.2) is 0 Å². The lowest BCUT2D eigenvalue weighted by atomic mass is 10.2. The van der Waals surface area contributed by atoms with E-state index in [1.54, 1.807) is 18.0 Å². The highest BCUT2D eigenvalue weighted by Gasteiger charge is 2.13. The third-order valence-electron chi connectivity index (χ3n) is 2.19. The van der Waals surface area contributed by atoms with Crippen LogP contribution in [0.4, 0.5) is 0 Å². The lowest BCUT2D eigenvalue weighted by Crippen LogP contribution is -2.28. The number of carbonyl (C=O) groups excluding carboxylic acids is 1. The van der Waals surface area contributed by atoms with Crippen LogP contribution in [0.25, 0.3) is 0 Å². The molecule has 4 heteroatoms. The summed E-state index contributed by atoms with van der Waals surface area (Å²) in [4.78, 5) is 13.4. The summed E-state index contributed by atoms with van der Waals surface area (Å²) in [6.45, 7) is 4.40. The number of amides is 1. The molecule has 3 nitrogen and oxygen atoms in total. The van der Waals surface area contributed by atoms with Crippen molar-refractivity contribution in [3.63, 3.8) is 0 Å². The normalized spacial score (nSPS) is 12.5. The van der Waals surface area contributed by atoms with Gasteiger partial charge in [-0.25, -0.2) is 0 Å². The van der Waals surface area contributed by atoms with Crippen LogP contribution >= 0.6 is 11.6 Å². The minimum atomic E-state index is -0.0239. The van der Waals surface area contributed by atoms with Crippen molar-refractivity contribution < 1.29 is 9.21 Å². The molecule has 1 aromatic rings. The zero-order valence-electron chi connectivity index (χ0n) is 9.29. The van der Waals surface area contributed by atoms with Crippen molar-refractivity contribution in [1.29, 1.82) is 0 Å². The Bertz CT molecular complexity index is 333. The molecule has 0 bridgehead atoms. The Hall–Kier alpha value is -0.960. The summed E-state index contributed by atoms with van der Waals surface area (Å²) in [6.07, 6.45) is 2.28. The zero-order chi connectivity index (χ0) is 11.4. The van der Waals surface area contributed by atoms with Gasteiger partial charge in [-0.2, -0.15) is 0 Å². The van der Waals surface area contributed by atoms with Crippen molar-refractivity contribution in [3.05, 3.63) is 23.7 Å². The van der Waals surface area contributed by atoms with Gasteiger partial charge in [-0.15, -0.1) is 11.6 Å². The van der Waals surface area contributed by atoms with Gasteiger partial charge in [0.25, 0.3) is 5.91 Å². The van der Waals surface area contributed by atoms with Gasteiger partial charge in [-0.3, -0.25) is 4.79 Å². The van der Waals surface area contributed by atoms with Gasteiger partial charge in [0, 0.05) is 19.0 Å². The number of alkyl halides is 1. The number of hydrogen-bond acceptors (Lipinski definition) is 2. The van der Waals surface area contributed by atoms with Crippen LogP contribution in [0.3, 0.4) is 0 Å². The van der Waals surface area contributed by atoms with Crippen molar-refractivity contribution in [2.24, 2.45) is 0 Å². The standard InChI is InChI=1S/C11H16ClNO2/c1-8(12)4-5-13(3)11(14)10-6-9(2)15-7-10/h6-8H,4-5H2,1-3H3. The Kier molecular flexibility index (Phi) is 4.21. The molecule has 0 spiro atoms. The second kappa shape index (κ2) is 5.21. The number of aryl methyl sites for hydroxylation is 1. The Morgan fingerprint density at radius 3 is 2.80 bits per heavy atom. The quantitative estimate of drug-likeness (QED) is 0.744. The van der Waals surface area contributed by atoms with Crippen molar-refractivity contribution >= 4 is 17.5 Å². The van der Waals surface area contributed by atoms with Crippen LogP contribution in [-0.2, 0) is 0 Å². The molecule has 0 aliphatic heterocycles. The lowest BCUT2D eigenvalue weighted by Gasteiger charge is -2.16. The van der Waals surface area contributed by atoms with E-state index in [0.29, 0.717) is 12.1 Å². The van der Waals surface area contributed by atoms with E-state index in [2.05, 4.69) is 0 Å². The van der Waals surface area contributed by atoms with Crippen molar-refractivity contribution in [3.8, 4) is 0 Å². The molecule has 1 atom stereocenters. The number of hydrogen-bond donors (Lipinski definition) is 0. The molecule has 1 rings (SSSR count). The van der Waals surface area contributed by atoms with E-state index >= 15 is 0 Å². The van der Waals surface area contributed by atoms with Crippen molar-refractivity contribution in [2.75, 3.05) is 13.6 Å². The Balaban J connectivity index is 2.53. The summed E-state index contributed by atoms with van der Waals surface area (Å²) in [5, 5.41) is 0.0892. The van der Waals surface area contributed by atoms with Crippen LogP contribution in [0.1, 0.15) is 29.5 Å². The maximum atomic E-state index is 11.8. The van der Waals surface area contributed by atoms with E-state index in [0.717, 1.165) is 12.2 Å². The summed E-state index contributed by atoms with van der Waals surface area (Å²) in [7, 11) is 1.77. The fraction of sp³-hybridized carbons (Fsp3) is 0.545. The molecule has 15 heavy (non-hydrogen) atoms. The fourth-order valence-corrected chi connectivity index (χ4v) is 1.35. The summed E-state index contributed by atoms with van der Waals surface area (Å²) in [6, 6.07) is 1.74. The third-order valence-corrected chi connectivity index (χ3v) is 2.40. The van der Waals surface area contributed by atoms with Crippen LogP contribution in [-0.4, -0.2) is 29.8 Å². The monoisotopic (exact) mass is 229 g/mol. The fourth-order valence-electron chi connectivity index (χ4n) is 1.25. The van der Waals surface area contributed by atoms with E-state index in [1.165, 1.54) is 6.26 Å². The van der Waals surface area contributed by atoms with Crippen LogP contribution in [0.15, 0.2) is 16.7 Å². The van der Waals surface area contributed by atoms with Crippen LogP contribution in [0, 0.1) is 6.92 Å². The maximum absolute atomic E-state index is 11.8. The van der Waals surface area contributed by atoms with E-state index in [4.69, 9.17) is 16.0 Å². The van der Waals surface area contributed by atoms with Gasteiger partial charge >= 0.3 is 0 Å². The van der Waals surface area contributed by atoms with Gasteiger partial charge in [-0.05, 0) is 26.3 Å². The van der Waals surface area contributed by atoms with E-state index in [1.807, 2.05) is 13.8 Å². The SMILES string of the molecule is Cc1cc(C(=O)N(C)CCC(C)Cl)co1. The Labute approximate surface area is 95.0 Å². The van der Waals surface area contributed by atoms with Gasteiger partial charge < -0.3 is 9.32 Å². The molecule has 84 valence electrons. The van der Waals surface area contributed by atoms with E-state index in [-0.39, 0.29) is 11.3 Å². The Morgan fingerprint density at radius 1 is 1.67 bits per heavy atom. The molecule has 0 aliphatic carbocycles. The number of furan rings is 1. The van der Waals surface area contributed by atoms with Crippen molar-refractivity contribution in [2.45, 2.75) is 25.6 Å². The number of rotatable bonds is 4. The summed E-state index contributed by atoms with van der Waals surface area (Å²) in [5.74, 6) is 0.724. The Morgan fingerprint density at radius 2 is 2.33 bits per heavy atom. The first kappa shape index (κ1) is 12.1. The molecule has 0 saturated carbocycles. The largest absolute Gasteiger partial charge is 0.469 e. The number of halogens is 1. The molecule has 0 aliphatic rings. The minimum absolute atomic E-state index is 0.0239. The molecule has 1 unspecified atom stereocenters. The van der Waals surface area contributed by atoms with Crippen LogP contribution < -0.4 is 0 Å². The predicted octanol–water partition coefficient (Wildman–Crippen LogP) is 2.68. The molecular formula is C11H16ClNO2. The minimum Gasteiger partial charge on any atom is -0.469 e. The van der Waals surface area contributed by atoms with Gasteiger partial charge in [-0.1, -0.05) is 0 Å². The summed E-state index contributed by atoms with van der Waals surface area (Å²) in [5.41, 5.74) is 0.595. The smallest absolute Gasteiger partial charge is 0.256 e. The zero-order valence-corrected chi connectivity index (χ0v) is 10.0. The molecule has 0 N–H and O–H groups in total. The first-order valence-electron chi connectivity index (χ1n) is 4.95. The molecule has 0 aromatic carbocycles. The number of nitrogens with zero attached hydrogens (tertiary/aromatic N) is 1. The van der Waals surface area contributed by atoms with Gasteiger partial charge in [0.05, 0.1) is 5.56 Å². The third kappa shape index (κ3) is 3.59. The molecule has 1 heterocycles. The summed E-state index contributed by atoms with van der Waals surface area (Å²) < 4.78 is 5.09. The highest BCUT2D eigenvalue weighted by Crippen LogP contribution is 2.10. The predicted molar refractivity (Wildman–Crippen MR) is 60.3 cm³/mol. The molecular weight excluding hydrogens is 214 g/mol. The highest BCUT2D eigenvalue weighted by atomic mass is 35.5. The van der Waals surface area contributed by atoms with E-state index < -0.39 is 0 Å². The molecule has 0 radical (unpaired) electrons. The molecule has 1 amide bonds. The average molecular weight is 230 g/mol. The van der Waals surface area contributed by atoms with Crippen molar-refractivity contribution in [1.82, 2.24) is 4.90 Å². The first-order chi connectivity index (χ1) is 7.00. The highest BCUT2D eigenvalue weighted by molar-refractivity contribution is 6.20. The molecule has 0 saturated heterocycles. The molecule has 1 aromatic heterocycles. The first-order valence-corrected chi connectivity index (χ1v) is 5.39. The molecule has 0 fully saturated rings. The number of carbonyl (C=O) groups is 1. The van der Waals surface area contributed by atoms with Gasteiger partial charge in [0.1, 0.15) is 12.0 Å². The average Bonchev–Trinajstić information content (AvgIpc) is 2.60. The van der Waals surface area contributed by atoms with E-state index in [9.17, 15) is 4.79 Å². The van der Waals surface area contributed by atoms with Gasteiger partial charge in [0.2, 0.25) is 0 Å². The van der Waals surface area contributed by atoms with Crippen LogP contribution in [0.2, 0.25) is 0 Å². The summed E-state index contributed by atoms with van der Waals surface area (Å²) >= 11 is 5.82. The lowest BCUT2D eigenvalue weighted by molar-refractivity contribution is 0.0793.